The Hall–Kier alpha value is -2.08. The van der Waals surface area contributed by atoms with E-state index in [1.54, 1.807) is 32.5 Å². The Morgan fingerprint density at radius 3 is 2.50 bits per heavy atom. The number of hydrogen-bond acceptors (Lipinski definition) is 4. The van der Waals surface area contributed by atoms with Gasteiger partial charge in [0, 0.05) is 18.0 Å². The first kappa shape index (κ1) is 14.3. The lowest BCUT2D eigenvalue weighted by Crippen LogP contribution is -2.15. The number of benzene rings is 1. The number of sulfonamides is 1. The van der Waals surface area contributed by atoms with Gasteiger partial charge in [0.2, 0.25) is 10.0 Å². The number of hydrogen-bond donors (Lipinski definition) is 1. The van der Waals surface area contributed by atoms with Crippen molar-refractivity contribution in [1.29, 1.82) is 0 Å². The third-order valence-electron chi connectivity index (χ3n) is 2.87. The molecule has 106 valence electrons. The number of rotatable bonds is 5. The van der Waals surface area contributed by atoms with E-state index in [2.05, 4.69) is 9.71 Å². The molecule has 20 heavy (non-hydrogen) atoms. The molecule has 0 aliphatic carbocycles. The van der Waals surface area contributed by atoms with Gasteiger partial charge in [-0.05, 0) is 30.7 Å². The molecule has 0 amide bonds. The second-order valence-corrected chi connectivity index (χ2v) is 6.17. The zero-order chi connectivity index (χ0) is 14.6. The zero-order valence-electron chi connectivity index (χ0n) is 11.3. The molecule has 0 bridgehead atoms. The van der Waals surface area contributed by atoms with E-state index in [4.69, 9.17) is 4.74 Å². The third kappa shape index (κ3) is 3.27. The second kappa shape index (κ2) is 5.92. The summed E-state index contributed by atoms with van der Waals surface area (Å²) in [5, 5.41) is 0. The van der Waals surface area contributed by atoms with Crippen molar-refractivity contribution >= 4 is 15.7 Å². The fraction of sp³-hybridized carbons (Fsp3) is 0.214. The van der Waals surface area contributed by atoms with E-state index in [1.807, 2.05) is 24.3 Å². The smallest absolute Gasteiger partial charge is 0.232 e. The Balaban J connectivity index is 2.41. The van der Waals surface area contributed by atoms with Crippen LogP contribution >= 0.6 is 0 Å². The average Bonchev–Trinajstić information content (AvgIpc) is 2.48. The van der Waals surface area contributed by atoms with Crippen LogP contribution in [0.15, 0.2) is 42.7 Å². The van der Waals surface area contributed by atoms with Crippen molar-refractivity contribution in [2.45, 2.75) is 6.92 Å². The van der Waals surface area contributed by atoms with Gasteiger partial charge in [-0.25, -0.2) is 8.42 Å². The van der Waals surface area contributed by atoms with Crippen molar-refractivity contribution in [2.24, 2.45) is 0 Å². The summed E-state index contributed by atoms with van der Waals surface area (Å²) < 4.78 is 31.1. The number of anilines is 1. The van der Waals surface area contributed by atoms with Gasteiger partial charge < -0.3 is 4.74 Å². The normalized spacial score (nSPS) is 11.1. The number of methoxy groups -OCH3 is 1. The van der Waals surface area contributed by atoms with Crippen LogP contribution in [0.2, 0.25) is 0 Å². The summed E-state index contributed by atoms with van der Waals surface area (Å²) in [5.74, 6) is 0.769. The van der Waals surface area contributed by atoms with Crippen LogP contribution in [0.4, 0.5) is 5.69 Å². The highest BCUT2D eigenvalue weighted by Gasteiger charge is 2.11. The van der Waals surface area contributed by atoms with Gasteiger partial charge in [0.15, 0.2) is 0 Å². The number of pyridine rings is 1. The molecule has 1 heterocycles. The van der Waals surface area contributed by atoms with Crippen molar-refractivity contribution < 1.29 is 13.2 Å². The molecule has 0 aliphatic heterocycles. The predicted molar refractivity (Wildman–Crippen MR) is 79.3 cm³/mol. The lowest BCUT2D eigenvalue weighted by molar-refractivity contribution is 0.415. The largest absolute Gasteiger partial charge is 0.497 e. The summed E-state index contributed by atoms with van der Waals surface area (Å²) in [6.45, 7) is 1.59. The van der Waals surface area contributed by atoms with Crippen LogP contribution in [0.25, 0.3) is 11.1 Å². The summed E-state index contributed by atoms with van der Waals surface area (Å²) in [7, 11) is -1.72. The van der Waals surface area contributed by atoms with Crippen molar-refractivity contribution in [3.63, 3.8) is 0 Å². The van der Waals surface area contributed by atoms with Crippen molar-refractivity contribution in [3.05, 3.63) is 42.7 Å². The van der Waals surface area contributed by atoms with E-state index in [0.29, 0.717) is 5.69 Å². The van der Waals surface area contributed by atoms with Gasteiger partial charge >= 0.3 is 0 Å². The zero-order valence-corrected chi connectivity index (χ0v) is 12.1. The summed E-state index contributed by atoms with van der Waals surface area (Å²) in [6, 6.07) is 9.01. The van der Waals surface area contributed by atoms with Gasteiger partial charge in [0.1, 0.15) is 5.75 Å². The first-order chi connectivity index (χ1) is 9.55. The molecule has 0 atom stereocenters. The Bertz CT molecular complexity index is 682. The highest BCUT2D eigenvalue weighted by atomic mass is 32.2. The number of nitrogens with zero attached hydrogens (tertiary/aromatic N) is 1. The molecular formula is C14H16N2O3S. The minimum Gasteiger partial charge on any atom is -0.497 e. The molecule has 0 radical (unpaired) electrons. The highest BCUT2D eigenvalue weighted by molar-refractivity contribution is 7.92. The molecule has 0 unspecified atom stereocenters. The second-order valence-electron chi connectivity index (χ2n) is 4.16. The fourth-order valence-corrected chi connectivity index (χ4v) is 2.38. The molecule has 5 nitrogen and oxygen atoms in total. The van der Waals surface area contributed by atoms with E-state index < -0.39 is 10.0 Å². The molecule has 6 heteroatoms. The highest BCUT2D eigenvalue weighted by Crippen LogP contribution is 2.29. The Morgan fingerprint density at radius 2 is 1.90 bits per heavy atom. The topological polar surface area (TPSA) is 68.3 Å². The van der Waals surface area contributed by atoms with E-state index >= 15 is 0 Å². The molecule has 2 aromatic rings. The van der Waals surface area contributed by atoms with Crippen LogP contribution < -0.4 is 9.46 Å². The maximum Gasteiger partial charge on any atom is 0.232 e. The van der Waals surface area contributed by atoms with E-state index in [-0.39, 0.29) is 5.75 Å². The molecule has 0 saturated heterocycles. The number of nitrogens with one attached hydrogen (secondary N) is 1. The molecule has 1 N–H and O–H groups in total. The lowest BCUT2D eigenvalue weighted by Gasteiger charge is -2.11. The van der Waals surface area contributed by atoms with Crippen molar-refractivity contribution in [1.82, 2.24) is 4.98 Å². The van der Waals surface area contributed by atoms with Gasteiger partial charge in [0.05, 0.1) is 18.6 Å². The minimum atomic E-state index is -3.32. The predicted octanol–water partition coefficient (Wildman–Crippen LogP) is 2.52. The van der Waals surface area contributed by atoms with Crippen molar-refractivity contribution in [2.75, 3.05) is 17.6 Å². The summed E-state index contributed by atoms with van der Waals surface area (Å²) in [4.78, 5) is 4.05. The van der Waals surface area contributed by atoms with E-state index in [1.165, 1.54) is 0 Å². The Kier molecular flexibility index (Phi) is 4.24. The maximum absolute atomic E-state index is 11.7. The van der Waals surface area contributed by atoms with E-state index in [0.717, 1.165) is 16.9 Å². The summed E-state index contributed by atoms with van der Waals surface area (Å²) >= 11 is 0. The third-order valence-corrected chi connectivity index (χ3v) is 4.16. The molecule has 1 aromatic carbocycles. The fourth-order valence-electron chi connectivity index (χ4n) is 1.72. The first-order valence-corrected chi connectivity index (χ1v) is 7.80. The monoisotopic (exact) mass is 292 g/mol. The molecule has 0 aliphatic rings. The molecule has 2 rings (SSSR count). The van der Waals surface area contributed by atoms with Crippen LogP contribution in [-0.4, -0.2) is 26.3 Å². The summed E-state index contributed by atoms with van der Waals surface area (Å²) in [6.07, 6.45) is 3.19. The number of ether oxygens (including phenoxy) is 1. The van der Waals surface area contributed by atoms with Gasteiger partial charge in [-0.2, -0.15) is 0 Å². The molecular weight excluding hydrogens is 276 g/mol. The summed E-state index contributed by atoms with van der Waals surface area (Å²) in [5.41, 5.74) is 2.12. The van der Waals surface area contributed by atoms with Crippen LogP contribution in [-0.2, 0) is 10.0 Å². The Labute approximate surface area is 118 Å². The Morgan fingerprint density at radius 1 is 1.20 bits per heavy atom. The quantitative estimate of drug-likeness (QED) is 0.919. The standard InChI is InChI=1S/C14H16N2O3S/c1-3-20(17,18)16-14-8-9-15-10-13(14)11-4-6-12(19-2)7-5-11/h4-10H,3H2,1-2H3,(H,15,16). The van der Waals surface area contributed by atoms with Gasteiger partial charge in [-0.3, -0.25) is 9.71 Å². The molecule has 1 aromatic heterocycles. The van der Waals surface area contributed by atoms with Gasteiger partial charge in [-0.15, -0.1) is 0 Å². The van der Waals surface area contributed by atoms with Crippen LogP contribution in [0.3, 0.4) is 0 Å². The van der Waals surface area contributed by atoms with Gasteiger partial charge in [-0.1, -0.05) is 12.1 Å². The van der Waals surface area contributed by atoms with Crippen LogP contribution in [0.5, 0.6) is 5.75 Å². The van der Waals surface area contributed by atoms with Gasteiger partial charge in [0.25, 0.3) is 0 Å². The lowest BCUT2D eigenvalue weighted by atomic mass is 10.1. The van der Waals surface area contributed by atoms with Crippen molar-refractivity contribution in [3.8, 4) is 16.9 Å². The number of aromatic nitrogens is 1. The minimum absolute atomic E-state index is 0.0252. The van der Waals surface area contributed by atoms with Crippen LogP contribution in [0, 0.1) is 0 Å². The molecule has 0 fully saturated rings. The molecule has 0 spiro atoms. The first-order valence-electron chi connectivity index (χ1n) is 6.14. The van der Waals surface area contributed by atoms with E-state index in [9.17, 15) is 8.42 Å². The SMILES string of the molecule is CCS(=O)(=O)Nc1ccncc1-c1ccc(OC)cc1. The molecule has 0 saturated carbocycles. The van der Waals surface area contributed by atoms with Crippen LogP contribution in [0.1, 0.15) is 6.92 Å². The maximum atomic E-state index is 11.7. The average molecular weight is 292 g/mol.